The molecule has 0 radical (unpaired) electrons. The van der Waals surface area contributed by atoms with E-state index in [-0.39, 0.29) is 17.9 Å². The lowest BCUT2D eigenvalue weighted by Gasteiger charge is -2.20. The van der Waals surface area contributed by atoms with Crippen molar-refractivity contribution in [2.24, 2.45) is 5.92 Å². The molecule has 0 spiro atoms. The number of rotatable bonds is 6. The summed E-state index contributed by atoms with van der Waals surface area (Å²) in [4.78, 5) is 30.7. The largest absolute Gasteiger partial charge is 0.365 e. The Bertz CT molecular complexity index is 596. The van der Waals surface area contributed by atoms with E-state index in [4.69, 9.17) is 0 Å². The minimum absolute atomic E-state index is 0.0879. The summed E-state index contributed by atoms with van der Waals surface area (Å²) in [7, 11) is 0. The van der Waals surface area contributed by atoms with E-state index in [2.05, 4.69) is 15.6 Å². The molecule has 1 aliphatic carbocycles. The van der Waals surface area contributed by atoms with Crippen molar-refractivity contribution in [1.82, 2.24) is 15.2 Å². The number of amides is 2. The summed E-state index contributed by atoms with van der Waals surface area (Å²) >= 11 is 0. The minimum Gasteiger partial charge on any atom is -0.365 e. The Morgan fingerprint density at radius 1 is 1.24 bits per heavy atom. The molecule has 1 saturated carbocycles. The number of nitrogens with zero attached hydrogens (tertiary/aromatic N) is 2. The van der Waals surface area contributed by atoms with Crippen molar-refractivity contribution in [3.8, 4) is 0 Å². The van der Waals surface area contributed by atoms with Gasteiger partial charge in [0.05, 0.1) is 5.56 Å². The first kappa shape index (κ1) is 17.7. The summed E-state index contributed by atoms with van der Waals surface area (Å²) in [5, 5.41) is 6.23. The van der Waals surface area contributed by atoms with Gasteiger partial charge in [-0.3, -0.25) is 9.59 Å². The highest BCUT2D eigenvalue weighted by molar-refractivity contribution is 5.94. The highest BCUT2D eigenvalue weighted by atomic mass is 16.2. The summed E-state index contributed by atoms with van der Waals surface area (Å²) in [6.07, 6.45) is 7.94. The zero-order valence-corrected chi connectivity index (χ0v) is 15.0. The van der Waals surface area contributed by atoms with Crippen molar-refractivity contribution in [3.05, 3.63) is 23.9 Å². The van der Waals surface area contributed by atoms with Gasteiger partial charge in [-0.1, -0.05) is 19.8 Å². The molecule has 6 nitrogen and oxygen atoms in total. The molecule has 1 aliphatic heterocycles. The number of hydrogen-bond acceptors (Lipinski definition) is 4. The first-order valence-electron chi connectivity index (χ1n) is 9.47. The highest BCUT2D eigenvalue weighted by Crippen LogP contribution is 2.28. The Morgan fingerprint density at radius 2 is 2.04 bits per heavy atom. The molecule has 136 valence electrons. The number of pyridine rings is 1. The van der Waals surface area contributed by atoms with Crippen LogP contribution in [0.2, 0.25) is 0 Å². The van der Waals surface area contributed by atoms with Crippen LogP contribution in [0.15, 0.2) is 18.3 Å². The van der Waals surface area contributed by atoms with E-state index in [9.17, 15) is 9.59 Å². The first-order chi connectivity index (χ1) is 12.2. The zero-order valence-electron chi connectivity index (χ0n) is 15.0. The smallest absolute Gasteiger partial charge is 0.252 e. The Kier molecular flexibility index (Phi) is 5.89. The fourth-order valence-corrected chi connectivity index (χ4v) is 3.67. The van der Waals surface area contributed by atoms with Gasteiger partial charge in [0, 0.05) is 37.8 Å². The van der Waals surface area contributed by atoms with E-state index in [1.165, 1.54) is 12.8 Å². The van der Waals surface area contributed by atoms with Gasteiger partial charge >= 0.3 is 0 Å². The van der Waals surface area contributed by atoms with Gasteiger partial charge in [-0.15, -0.1) is 0 Å². The van der Waals surface area contributed by atoms with E-state index in [0.717, 1.165) is 44.6 Å². The molecule has 2 fully saturated rings. The molecule has 2 amide bonds. The van der Waals surface area contributed by atoms with Gasteiger partial charge in [-0.2, -0.15) is 0 Å². The molecule has 0 aromatic carbocycles. The summed E-state index contributed by atoms with van der Waals surface area (Å²) in [6, 6.07) is 3.86. The van der Waals surface area contributed by atoms with Crippen LogP contribution >= 0.6 is 0 Å². The van der Waals surface area contributed by atoms with E-state index < -0.39 is 0 Å². The lowest BCUT2D eigenvalue weighted by Crippen LogP contribution is -2.35. The van der Waals surface area contributed by atoms with Crippen LogP contribution in [-0.4, -0.2) is 47.4 Å². The monoisotopic (exact) mass is 344 g/mol. The topological polar surface area (TPSA) is 74.3 Å². The third-order valence-electron chi connectivity index (χ3n) is 5.12. The second kappa shape index (κ2) is 8.32. The number of anilines is 1. The van der Waals surface area contributed by atoms with Crippen LogP contribution in [0.25, 0.3) is 0 Å². The first-order valence-corrected chi connectivity index (χ1v) is 9.47. The normalized spacial score (nSPS) is 20.7. The van der Waals surface area contributed by atoms with Gasteiger partial charge in [-0.05, 0) is 37.8 Å². The molecule has 2 N–H and O–H groups in total. The third-order valence-corrected chi connectivity index (χ3v) is 5.12. The van der Waals surface area contributed by atoms with E-state index >= 15 is 0 Å². The summed E-state index contributed by atoms with van der Waals surface area (Å²) in [6.45, 7) is 4.26. The number of carbonyl (C=O) groups excluding carboxylic acids is 2. The van der Waals surface area contributed by atoms with Crippen LogP contribution in [0.4, 0.5) is 5.82 Å². The fraction of sp³-hybridized carbons (Fsp3) is 0.632. The Hall–Kier alpha value is -2.11. The molecule has 1 unspecified atom stereocenters. The number of likely N-dealkylation sites (tertiary alicyclic amines) is 1. The maximum absolute atomic E-state index is 12.5. The van der Waals surface area contributed by atoms with Crippen LogP contribution in [0, 0.1) is 5.92 Å². The number of aromatic nitrogens is 1. The second-order valence-corrected chi connectivity index (χ2v) is 7.08. The lowest BCUT2D eigenvalue weighted by molar-refractivity contribution is -0.134. The van der Waals surface area contributed by atoms with E-state index in [1.807, 2.05) is 17.9 Å². The van der Waals surface area contributed by atoms with Gasteiger partial charge in [0.25, 0.3) is 5.91 Å². The average Bonchev–Trinajstić information content (AvgIpc) is 3.32. The lowest BCUT2D eigenvalue weighted by atomic mass is 10.1. The van der Waals surface area contributed by atoms with Crippen LogP contribution in [-0.2, 0) is 4.79 Å². The molecular weight excluding hydrogens is 316 g/mol. The number of nitrogens with one attached hydrogen (secondary N) is 2. The minimum atomic E-state index is -0.0879. The molecule has 25 heavy (non-hydrogen) atoms. The van der Waals surface area contributed by atoms with E-state index in [1.54, 1.807) is 12.3 Å². The fourth-order valence-electron chi connectivity index (χ4n) is 3.67. The van der Waals surface area contributed by atoms with Crippen molar-refractivity contribution < 1.29 is 9.59 Å². The zero-order chi connectivity index (χ0) is 17.6. The standard InChI is InChI=1S/C19H28N4O2/c1-2-10-20-18(24)15-7-8-17(21-12-15)22-16-9-11-23(13-16)19(25)14-5-3-4-6-14/h7-8,12,14,16H,2-6,9-11,13H2,1H3,(H,20,24)(H,21,22). The molecule has 2 heterocycles. The molecule has 3 rings (SSSR count). The maximum atomic E-state index is 12.5. The molecule has 1 atom stereocenters. The molecule has 1 aromatic heterocycles. The van der Waals surface area contributed by atoms with Gasteiger partial charge < -0.3 is 15.5 Å². The van der Waals surface area contributed by atoms with Crippen molar-refractivity contribution in [2.45, 2.75) is 51.5 Å². The quantitative estimate of drug-likeness (QED) is 0.831. The third kappa shape index (κ3) is 4.50. The van der Waals surface area contributed by atoms with Crippen molar-refractivity contribution >= 4 is 17.6 Å². The average molecular weight is 344 g/mol. The van der Waals surface area contributed by atoms with E-state index in [0.29, 0.717) is 18.0 Å². The predicted molar refractivity (Wildman–Crippen MR) is 97.4 cm³/mol. The highest BCUT2D eigenvalue weighted by Gasteiger charge is 2.32. The molecular formula is C19H28N4O2. The van der Waals surface area contributed by atoms with Gasteiger partial charge in [0.2, 0.25) is 5.91 Å². The van der Waals surface area contributed by atoms with Gasteiger partial charge in [0.1, 0.15) is 5.82 Å². The Morgan fingerprint density at radius 3 is 2.72 bits per heavy atom. The molecule has 2 aliphatic rings. The van der Waals surface area contributed by atoms with Crippen molar-refractivity contribution in [1.29, 1.82) is 0 Å². The maximum Gasteiger partial charge on any atom is 0.252 e. The Labute approximate surface area is 149 Å². The second-order valence-electron chi connectivity index (χ2n) is 7.08. The van der Waals surface area contributed by atoms with Gasteiger partial charge in [0.15, 0.2) is 0 Å². The number of carbonyl (C=O) groups is 2. The SMILES string of the molecule is CCCNC(=O)c1ccc(NC2CCN(C(=O)C3CCCC3)C2)nc1. The summed E-state index contributed by atoms with van der Waals surface area (Å²) in [5.41, 5.74) is 0.573. The van der Waals surface area contributed by atoms with Crippen LogP contribution < -0.4 is 10.6 Å². The Balaban J connectivity index is 1.49. The molecule has 1 aromatic rings. The predicted octanol–water partition coefficient (Wildman–Crippen LogP) is 2.42. The number of hydrogen-bond donors (Lipinski definition) is 2. The molecule has 6 heteroatoms. The molecule has 1 saturated heterocycles. The van der Waals surface area contributed by atoms with Gasteiger partial charge in [-0.25, -0.2) is 4.98 Å². The summed E-state index contributed by atoms with van der Waals surface area (Å²) in [5.74, 6) is 1.25. The van der Waals surface area contributed by atoms with Crippen LogP contribution in [0.3, 0.4) is 0 Å². The summed E-state index contributed by atoms with van der Waals surface area (Å²) < 4.78 is 0. The van der Waals surface area contributed by atoms with Crippen molar-refractivity contribution in [2.75, 3.05) is 25.0 Å². The molecule has 0 bridgehead atoms. The van der Waals surface area contributed by atoms with Crippen molar-refractivity contribution in [3.63, 3.8) is 0 Å². The van der Waals surface area contributed by atoms with Crippen LogP contribution in [0.1, 0.15) is 55.8 Å². The van der Waals surface area contributed by atoms with Crippen LogP contribution in [0.5, 0.6) is 0 Å².